The first kappa shape index (κ1) is 18.8. The third kappa shape index (κ3) is 5.24. The van der Waals surface area contributed by atoms with Crippen LogP contribution in [0.3, 0.4) is 0 Å². The second kappa shape index (κ2) is 8.60. The molecule has 0 saturated carbocycles. The molecule has 0 unspecified atom stereocenters. The van der Waals surface area contributed by atoms with Crippen LogP contribution in [0.5, 0.6) is 0 Å². The summed E-state index contributed by atoms with van der Waals surface area (Å²) in [6.07, 6.45) is 2.11. The molecule has 0 fully saturated rings. The van der Waals surface area contributed by atoms with Gasteiger partial charge in [0.15, 0.2) is 0 Å². The molecule has 3 rings (SSSR count). The zero-order chi connectivity index (χ0) is 19.2. The Balaban J connectivity index is 1.60. The summed E-state index contributed by atoms with van der Waals surface area (Å²) in [5.41, 5.74) is 1.51. The van der Waals surface area contributed by atoms with Crippen molar-refractivity contribution < 1.29 is 13.6 Å². The summed E-state index contributed by atoms with van der Waals surface area (Å²) >= 11 is 5.84. The summed E-state index contributed by atoms with van der Waals surface area (Å²) < 4.78 is 26.7. The van der Waals surface area contributed by atoms with E-state index in [0.717, 1.165) is 17.7 Å². The number of amides is 1. The second-order valence-corrected chi connectivity index (χ2v) is 6.25. The smallest absolute Gasteiger partial charge is 0.251 e. The summed E-state index contributed by atoms with van der Waals surface area (Å²) in [5, 5.41) is 6.22. The second-order valence-electron chi connectivity index (χ2n) is 5.81. The van der Waals surface area contributed by atoms with E-state index in [1.807, 2.05) is 12.1 Å². The number of anilines is 2. The van der Waals surface area contributed by atoms with Crippen LogP contribution >= 0.6 is 11.6 Å². The van der Waals surface area contributed by atoms with Crippen molar-refractivity contribution in [2.24, 2.45) is 0 Å². The summed E-state index contributed by atoms with van der Waals surface area (Å²) in [6.45, 7) is 0.456. The van der Waals surface area contributed by atoms with Crippen molar-refractivity contribution in [3.8, 4) is 0 Å². The lowest BCUT2D eigenvalue weighted by molar-refractivity contribution is 0.0954. The highest BCUT2D eigenvalue weighted by Crippen LogP contribution is 2.20. The third-order valence-corrected chi connectivity index (χ3v) is 4.08. The molecule has 1 aromatic heterocycles. The fraction of sp³-hybridized carbons (Fsp3) is 0.100. The molecule has 2 N–H and O–H groups in total. The molecule has 3 aromatic rings. The Hall–Kier alpha value is -2.99. The maximum Gasteiger partial charge on any atom is 0.251 e. The standard InChI is InChI=1S/C20H16ClF2N3O/c21-15-3-1-13(2-4-15)7-9-25-20(27)14-8-10-24-19(11-14)26-18-6-5-16(22)12-17(18)23/h1-6,8,10-12H,7,9H2,(H,24,26)(H,25,27). The molecule has 0 saturated heterocycles. The highest BCUT2D eigenvalue weighted by Gasteiger charge is 2.09. The van der Waals surface area contributed by atoms with Gasteiger partial charge >= 0.3 is 0 Å². The number of aromatic nitrogens is 1. The summed E-state index contributed by atoms with van der Waals surface area (Å²) in [5.74, 6) is -1.39. The Labute approximate surface area is 160 Å². The molecule has 4 nitrogen and oxygen atoms in total. The van der Waals surface area contributed by atoms with Crippen LogP contribution in [0.25, 0.3) is 0 Å². The van der Waals surface area contributed by atoms with Gasteiger partial charge in [-0.25, -0.2) is 13.8 Å². The van der Waals surface area contributed by atoms with E-state index >= 15 is 0 Å². The van der Waals surface area contributed by atoms with Crippen LogP contribution in [0.1, 0.15) is 15.9 Å². The van der Waals surface area contributed by atoms with Gasteiger partial charge in [-0.05, 0) is 48.4 Å². The molecule has 0 bridgehead atoms. The highest BCUT2D eigenvalue weighted by atomic mass is 35.5. The van der Waals surface area contributed by atoms with E-state index in [9.17, 15) is 13.6 Å². The molecule has 0 atom stereocenters. The lowest BCUT2D eigenvalue weighted by Crippen LogP contribution is -2.25. The van der Waals surface area contributed by atoms with E-state index in [4.69, 9.17) is 11.6 Å². The maximum absolute atomic E-state index is 13.7. The SMILES string of the molecule is O=C(NCCc1ccc(Cl)cc1)c1ccnc(Nc2ccc(F)cc2F)c1. The Morgan fingerprint density at radius 2 is 1.81 bits per heavy atom. The van der Waals surface area contributed by atoms with E-state index < -0.39 is 11.6 Å². The minimum absolute atomic E-state index is 0.0733. The molecule has 0 aliphatic heterocycles. The van der Waals surface area contributed by atoms with Crippen LogP contribution in [0, 0.1) is 11.6 Å². The molecule has 0 radical (unpaired) electrons. The van der Waals surface area contributed by atoms with E-state index in [-0.39, 0.29) is 17.4 Å². The van der Waals surface area contributed by atoms with E-state index in [1.165, 1.54) is 18.3 Å². The number of nitrogens with one attached hydrogen (secondary N) is 2. The lowest BCUT2D eigenvalue weighted by Gasteiger charge is -2.09. The van der Waals surface area contributed by atoms with Gasteiger partial charge in [0.2, 0.25) is 0 Å². The van der Waals surface area contributed by atoms with Crippen molar-refractivity contribution in [1.29, 1.82) is 0 Å². The average Bonchev–Trinajstić information content (AvgIpc) is 2.66. The normalized spacial score (nSPS) is 10.5. The van der Waals surface area contributed by atoms with Crippen molar-refractivity contribution >= 4 is 29.0 Å². The van der Waals surface area contributed by atoms with Crippen molar-refractivity contribution in [3.63, 3.8) is 0 Å². The third-order valence-electron chi connectivity index (χ3n) is 3.83. The fourth-order valence-electron chi connectivity index (χ4n) is 2.44. The average molecular weight is 388 g/mol. The topological polar surface area (TPSA) is 54.0 Å². The number of rotatable bonds is 6. The predicted molar refractivity (Wildman–Crippen MR) is 101 cm³/mol. The van der Waals surface area contributed by atoms with Crippen molar-refractivity contribution in [1.82, 2.24) is 10.3 Å². The van der Waals surface area contributed by atoms with Gasteiger partial charge in [0, 0.05) is 29.4 Å². The number of hydrogen-bond donors (Lipinski definition) is 2. The van der Waals surface area contributed by atoms with Crippen LogP contribution in [-0.2, 0) is 6.42 Å². The van der Waals surface area contributed by atoms with E-state index in [2.05, 4.69) is 15.6 Å². The van der Waals surface area contributed by atoms with Crippen LogP contribution in [0.4, 0.5) is 20.3 Å². The molecule has 0 aliphatic carbocycles. The van der Waals surface area contributed by atoms with Gasteiger partial charge in [0.25, 0.3) is 5.91 Å². The molecular weight excluding hydrogens is 372 g/mol. The first-order valence-electron chi connectivity index (χ1n) is 8.22. The molecule has 1 amide bonds. The minimum Gasteiger partial charge on any atom is -0.352 e. The molecule has 138 valence electrons. The summed E-state index contributed by atoms with van der Waals surface area (Å²) in [7, 11) is 0. The minimum atomic E-state index is -0.741. The molecular formula is C20H16ClF2N3O. The summed E-state index contributed by atoms with van der Waals surface area (Å²) in [4.78, 5) is 16.3. The van der Waals surface area contributed by atoms with Crippen LogP contribution in [0.15, 0.2) is 60.8 Å². The zero-order valence-electron chi connectivity index (χ0n) is 14.2. The molecule has 0 spiro atoms. The molecule has 0 aliphatic rings. The van der Waals surface area contributed by atoms with Gasteiger partial charge in [-0.2, -0.15) is 0 Å². The van der Waals surface area contributed by atoms with Gasteiger partial charge in [0.05, 0.1) is 5.69 Å². The predicted octanol–water partition coefficient (Wildman–Crippen LogP) is 4.73. The molecule has 7 heteroatoms. The van der Waals surface area contributed by atoms with Crippen LogP contribution < -0.4 is 10.6 Å². The van der Waals surface area contributed by atoms with Gasteiger partial charge in [-0.3, -0.25) is 4.79 Å². The molecule has 2 aromatic carbocycles. The highest BCUT2D eigenvalue weighted by molar-refractivity contribution is 6.30. The number of benzene rings is 2. The number of carbonyl (C=O) groups is 1. The fourth-order valence-corrected chi connectivity index (χ4v) is 2.57. The first-order chi connectivity index (χ1) is 13.0. The van der Waals surface area contributed by atoms with Gasteiger partial charge in [0.1, 0.15) is 17.5 Å². The van der Waals surface area contributed by atoms with Crippen molar-refractivity contribution in [3.05, 3.63) is 88.6 Å². The van der Waals surface area contributed by atoms with Crippen molar-refractivity contribution in [2.75, 3.05) is 11.9 Å². The lowest BCUT2D eigenvalue weighted by atomic mass is 10.1. The maximum atomic E-state index is 13.7. The molecule has 27 heavy (non-hydrogen) atoms. The van der Waals surface area contributed by atoms with Crippen LogP contribution in [0.2, 0.25) is 5.02 Å². The Bertz CT molecular complexity index is 948. The molecule has 1 heterocycles. The van der Waals surface area contributed by atoms with E-state index in [0.29, 0.717) is 23.6 Å². The number of halogens is 3. The number of hydrogen-bond acceptors (Lipinski definition) is 3. The van der Waals surface area contributed by atoms with Gasteiger partial charge in [-0.1, -0.05) is 23.7 Å². The van der Waals surface area contributed by atoms with Crippen molar-refractivity contribution in [2.45, 2.75) is 6.42 Å². The Kier molecular flexibility index (Phi) is 5.98. The summed E-state index contributed by atoms with van der Waals surface area (Å²) in [6, 6.07) is 13.6. The quantitative estimate of drug-likeness (QED) is 0.643. The number of nitrogens with zero attached hydrogens (tertiary/aromatic N) is 1. The van der Waals surface area contributed by atoms with Gasteiger partial charge < -0.3 is 10.6 Å². The largest absolute Gasteiger partial charge is 0.352 e. The first-order valence-corrected chi connectivity index (χ1v) is 8.60. The van der Waals surface area contributed by atoms with Crippen LogP contribution in [-0.4, -0.2) is 17.4 Å². The Morgan fingerprint density at radius 1 is 1.04 bits per heavy atom. The van der Waals surface area contributed by atoms with Gasteiger partial charge in [-0.15, -0.1) is 0 Å². The zero-order valence-corrected chi connectivity index (χ0v) is 14.9. The number of carbonyl (C=O) groups excluding carboxylic acids is 1. The Morgan fingerprint density at radius 3 is 2.56 bits per heavy atom. The van der Waals surface area contributed by atoms with E-state index in [1.54, 1.807) is 18.2 Å². The number of pyridine rings is 1. The monoisotopic (exact) mass is 387 g/mol.